The Hall–Kier alpha value is -2.55. The predicted molar refractivity (Wildman–Crippen MR) is 80.0 cm³/mol. The molecule has 0 fully saturated rings. The summed E-state index contributed by atoms with van der Waals surface area (Å²) in [5.74, 6) is 0.527. The Bertz CT molecular complexity index is 892. The second kappa shape index (κ2) is 5.34. The van der Waals surface area contributed by atoms with Crippen LogP contribution in [0.1, 0.15) is 17.1 Å². The quantitative estimate of drug-likeness (QED) is 0.540. The van der Waals surface area contributed by atoms with E-state index in [9.17, 15) is 10.1 Å². The van der Waals surface area contributed by atoms with Crippen molar-refractivity contribution in [2.75, 3.05) is 0 Å². The van der Waals surface area contributed by atoms with Crippen molar-refractivity contribution >= 4 is 23.2 Å². The van der Waals surface area contributed by atoms with Crippen LogP contribution in [0.4, 0.5) is 5.69 Å². The number of hydrogen-bond donors (Lipinski definition) is 0. The highest BCUT2D eigenvalue weighted by Crippen LogP contribution is 2.26. The fourth-order valence-electron chi connectivity index (χ4n) is 2.07. The molecule has 0 radical (unpaired) electrons. The molecule has 3 aromatic heterocycles. The van der Waals surface area contributed by atoms with Crippen molar-refractivity contribution in [2.24, 2.45) is 0 Å². The van der Waals surface area contributed by atoms with E-state index in [4.69, 9.17) is 0 Å². The molecule has 0 aliphatic carbocycles. The lowest BCUT2D eigenvalue weighted by molar-refractivity contribution is -0.385. The summed E-state index contributed by atoms with van der Waals surface area (Å²) in [4.78, 5) is 23.2. The van der Waals surface area contributed by atoms with Gasteiger partial charge in [0.2, 0.25) is 5.16 Å². The molecule has 0 amide bonds. The van der Waals surface area contributed by atoms with Crippen molar-refractivity contribution in [3.8, 4) is 0 Å². The fourth-order valence-corrected chi connectivity index (χ4v) is 2.82. The van der Waals surface area contributed by atoms with Crippen LogP contribution in [0.2, 0.25) is 0 Å². The average Bonchev–Trinajstić information content (AvgIpc) is 2.81. The molecule has 0 aliphatic rings. The van der Waals surface area contributed by atoms with Crippen LogP contribution in [0.5, 0.6) is 0 Å². The van der Waals surface area contributed by atoms with Gasteiger partial charge in [0.05, 0.1) is 4.92 Å². The average molecular weight is 316 g/mol. The van der Waals surface area contributed by atoms with Gasteiger partial charge in [-0.15, -0.1) is 5.10 Å². The molecule has 0 aliphatic heterocycles. The molecule has 0 aromatic carbocycles. The van der Waals surface area contributed by atoms with E-state index in [1.807, 2.05) is 19.9 Å². The summed E-state index contributed by atoms with van der Waals surface area (Å²) in [5.41, 5.74) is 2.18. The molecule has 3 aromatic rings. The molecular weight excluding hydrogens is 304 g/mol. The Morgan fingerprint density at radius 2 is 1.95 bits per heavy atom. The molecular formula is C13H12N6O2S. The molecule has 0 unspecified atom stereocenters. The van der Waals surface area contributed by atoms with Crippen molar-refractivity contribution in [3.63, 3.8) is 0 Å². The first-order chi connectivity index (χ1) is 10.4. The molecule has 8 nitrogen and oxygen atoms in total. The van der Waals surface area contributed by atoms with Crippen LogP contribution < -0.4 is 0 Å². The Morgan fingerprint density at radius 1 is 1.18 bits per heavy atom. The highest BCUT2D eigenvalue weighted by Gasteiger charge is 2.14. The van der Waals surface area contributed by atoms with E-state index in [1.165, 1.54) is 17.8 Å². The summed E-state index contributed by atoms with van der Waals surface area (Å²) in [6.07, 6.45) is 0. The molecule has 3 heterocycles. The zero-order chi connectivity index (χ0) is 15.9. The number of pyridine rings is 1. The topological polar surface area (TPSA) is 99.1 Å². The van der Waals surface area contributed by atoms with E-state index < -0.39 is 4.92 Å². The lowest BCUT2D eigenvalue weighted by atomic mass is 10.3. The van der Waals surface area contributed by atoms with Crippen LogP contribution in [0, 0.1) is 30.9 Å². The summed E-state index contributed by atoms with van der Waals surface area (Å²) in [7, 11) is 0. The third-order valence-corrected chi connectivity index (χ3v) is 3.82. The maximum atomic E-state index is 10.8. The lowest BCUT2D eigenvalue weighted by Gasteiger charge is -1.99. The van der Waals surface area contributed by atoms with Crippen molar-refractivity contribution in [1.82, 2.24) is 24.6 Å². The predicted octanol–water partition coefficient (Wildman–Crippen LogP) is 2.50. The van der Waals surface area contributed by atoms with Gasteiger partial charge in [0.1, 0.15) is 10.7 Å². The number of nitro groups is 1. The SMILES string of the molecule is Cc1cc(C)n2nc(Sc3ccc([N+](=O)[O-])c(C)n3)nc2n1. The van der Waals surface area contributed by atoms with E-state index in [1.54, 1.807) is 17.5 Å². The molecule has 0 spiro atoms. The largest absolute Gasteiger partial charge is 0.290 e. The second-order valence-corrected chi connectivity index (χ2v) is 5.75. The molecule has 3 rings (SSSR count). The number of fused-ring (bicyclic) bond motifs is 1. The van der Waals surface area contributed by atoms with Crippen LogP contribution in [0.25, 0.3) is 5.78 Å². The van der Waals surface area contributed by atoms with Crippen molar-refractivity contribution in [3.05, 3.63) is 45.4 Å². The first-order valence-electron chi connectivity index (χ1n) is 6.45. The van der Waals surface area contributed by atoms with Crippen molar-refractivity contribution in [1.29, 1.82) is 0 Å². The zero-order valence-corrected chi connectivity index (χ0v) is 13.0. The highest BCUT2D eigenvalue weighted by molar-refractivity contribution is 7.99. The van der Waals surface area contributed by atoms with Gasteiger partial charge in [0.25, 0.3) is 11.5 Å². The van der Waals surface area contributed by atoms with Gasteiger partial charge in [-0.25, -0.2) is 14.5 Å². The van der Waals surface area contributed by atoms with Gasteiger partial charge >= 0.3 is 0 Å². The summed E-state index contributed by atoms with van der Waals surface area (Å²) in [6, 6.07) is 4.95. The Kier molecular flexibility index (Phi) is 3.49. The third-order valence-electron chi connectivity index (χ3n) is 3.02. The first-order valence-corrected chi connectivity index (χ1v) is 7.26. The number of aryl methyl sites for hydroxylation is 3. The second-order valence-electron chi connectivity index (χ2n) is 4.76. The van der Waals surface area contributed by atoms with Crippen LogP contribution in [-0.4, -0.2) is 29.5 Å². The minimum atomic E-state index is -0.448. The molecule has 9 heteroatoms. The standard InChI is InChI=1S/C13H12N6O2S/c1-7-6-8(2)18-12(14-7)16-13(17-18)22-11-5-4-10(19(20)21)9(3)15-11/h4-6H,1-3H3. The normalized spacial score (nSPS) is 11.0. The molecule has 0 N–H and O–H groups in total. The lowest BCUT2D eigenvalue weighted by Crippen LogP contribution is -1.97. The highest BCUT2D eigenvalue weighted by atomic mass is 32.2. The molecule has 0 saturated carbocycles. The van der Waals surface area contributed by atoms with E-state index >= 15 is 0 Å². The van der Waals surface area contributed by atoms with Gasteiger partial charge < -0.3 is 0 Å². The van der Waals surface area contributed by atoms with E-state index in [0.717, 1.165) is 11.4 Å². The van der Waals surface area contributed by atoms with Gasteiger partial charge in [0, 0.05) is 17.5 Å². The molecule has 0 atom stereocenters. The third kappa shape index (κ3) is 2.62. The maximum Gasteiger partial charge on any atom is 0.290 e. The molecule has 0 bridgehead atoms. The molecule has 0 saturated heterocycles. The van der Waals surface area contributed by atoms with Crippen molar-refractivity contribution < 1.29 is 4.92 Å². The summed E-state index contributed by atoms with van der Waals surface area (Å²) < 4.78 is 1.66. The zero-order valence-electron chi connectivity index (χ0n) is 12.1. The summed E-state index contributed by atoms with van der Waals surface area (Å²) in [6.45, 7) is 5.43. The Balaban J connectivity index is 1.95. The Labute approximate surface area is 129 Å². The first kappa shape index (κ1) is 14.4. The number of nitrogens with zero attached hydrogens (tertiary/aromatic N) is 6. The minimum Gasteiger partial charge on any atom is -0.258 e. The fraction of sp³-hybridized carbons (Fsp3) is 0.231. The summed E-state index contributed by atoms with van der Waals surface area (Å²) in [5, 5.41) is 16.3. The van der Waals surface area contributed by atoms with Gasteiger partial charge in [-0.05, 0) is 44.7 Å². The molecule has 112 valence electrons. The van der Waals surface area contributed by atoms with E-state index in [0.29, 0.717) is 21.7 Å². The van der Waals surface area contributed by atoms with Gasteiger partial charge in [0.15, 0.2) is 0 Å². The smallest absolute Gasteiger partial charge is 0.258 e. The van der Waals surface area contributed by atoms with Crippen LogP contribution >= 0.6 is 11.8 Å². The van der Waals surface area contributed by atoms with Gasteiger partial charge in [-0.1, -0.05) is 0 Å². The molecule has 22 heavy (non-hydrogen) atoms. The van der Waals surface area contributed by atoms with Crippen LogP contribution in [0.3, 0.4) is 0 Å². The van der Waals surface area contributed by atoms with Crippen LogP contribution in [-0.2, 0) is 0 Å². The Morgan fingerprint density at radius 3 is 2.64 bits per heavy atom. The van der Waals surface area contributed by atoms with Crippen LogP contribution in [0.15, 0.2) is 28.4 Å². The maximum absolute atomic E-state index is 10.8. The number of hydrogen-bond acceptors (Lipinski definition) is 7. The minimum absolute atomic E-state index is 0.000413. The van der Waals surface area contributed by atoms with Gasteiger partial charge in [-0.2, -0.15) is 4.98 Å². The number of aromatic nitrogens is 5. The van der Waals surface area contributed by atoms with E-state index in [-0.39, 0.29) is 5.69 Å². The monoisotopic (exact) mass is 316 g/mol. The van der Waals surface area contributed by atoms with Crippen molar-refractivity contribution in [2.45, 2.75) is 31.0 Å². The number of rotatable bonds is 3. The summed E-state index contributed by atoms with van der Waals surface area (Å²) >= 11 is 1.25. The van der Waals surface area contributed by atoms with E-state index in [2.05, 4.69) is 20.1 Å². The van der Waals surface area contributed by atoms with Gasteiger partial charge in [-0.3, -0.25) is 10.1 Å².